The van der Waals surface area contributed by atoms with E-state index in [1.165, 1.54) is 5.56 Å². The minimum Gasteiger partial charge on any atom is -0.508 e. The lowest BCUT2D eigenvalue weighted by atomic mass is 9.92. The van der Waals surface area contributed by atoms with E-state index in [0.717, 1.165) is 26.1 Å². The highest BCUT2D eigenvalue weighted by Crippen LogP contribution is 2.22. The molecule has 100 valence electrons. The Morgan fingerprint density at radius 3 is 2.39 bits per heavy atom. The van der Waals surface area contributed by atoms with Gasteiger partial charge in [-0.15, -0.1) is 0 Å². The largest absolute Gasteiger partial charge is 0.508 e. The third-order valence-corrected chi connectivity index (χ3v) is 3.88. The third-order valence-electron chi connectivity index (χ3n) is 3.88. The highest BCUT2D eigenvalue weighted by Gasteiger charge is 2.21. The van der Waals surface area contributed by atoms with Gasteiger partial charge in [0.15, 0.2) is 0 Å². The number of aromatic hydroxyl groups is 1. The monoisotopic (exact) mass is 249 g/mol. The predicted molar refractivity (Wildman–Crippen MR) is 72.7 cm³/mol. The molecule has 1 aliphatic heterocycles. The molecular weight excluding hydrogens is 226 g/mol. The van der Waals surface area contributed by atoms with Crippen molar-refractivity contribution in [2.75, 3.05) is 13.2 Å². The molecular formula is C15H23NO2. The number of phenolic OH excluding ortho intramolecular Hbond substituents is 1. The van der Waals surface area contributed by atoms with Gasteiger partial charge >= 0.3 is 0 Å². The van der Waals surface area contributed by atoms with Crippen LogP contribution in [0.3, 0.4) is 0 Å². The smallest absolute Gasteiger partial charge is 0.115 e. The van der Waals surface area contributed by atoms with Crippen LogP contribution < -0.4 is 5.32 Å². The second-order valence-electron chi connectivity index (χ2n) is 5.22. The van der Waals surface area contributed by atoms with Crippen LogP contribution >= 0.6 is 0 Å². The van der Waals surface area contributed by atoms with E-state index in [2.05, 4.69) is 19.2 Å². The van der Waals surface area contributed by atoms with E-state index in [1.54, 1.807) is 12.1 Å². The Bertz CT molecular complexity index is 357. The molecule has 0 saturated carbocycles. The summed E-state index contributed by atoms with van der Waals surface area (Å²) < 4.78 is 5.40. The maximum Gasteiger partial charge on any atom is 0.115 e. The van der Waals surface area contributed by atoms with Gasteiger partial charge < -0.3 is 15.2 Å². The third kappa shape index (κ3) is 3.47. The molecule has 2 N–H and O–H groups in total. The number of phenols is 1. The van der Waals surface area contributed by atoms with Gasteiger partial charge in [-0.1, -0.05) is 12.1 Å². The molecule has 1 aromatic rings. The van der Waals surface area contributed by atoms with Crippen molar-refractivity contribution in [3.63, 3.8) is 0 Å². The summed E-state index contributed by atoms with van der Waals surface area (Å²) in [7, 11) is 0. The van der Waals surface area contributed by atoms with Crippen LogP contribution in [-0.4, -0.2) is 24.4 Å². The Hall–Kier alpha value is -1.06. The molecule has 2 rings (SSSR count). The molecule has 0 bridgehead atoms. The molecule has 1 fully saturated rings. The van der Waals surface area contributed by atoms with Crippen LogP contribution in [0.15, 0.2) is 24.3 Å². The van der Waals surface area contributed by atoms with E-state index in [0.29, 0.717) is 23.8 Å². The van der Waals surface area contributed by atoms with E-state index in [9.17, 15) is 5.11 Å². The average molecular weight is 249 g/mol. The zero-order valence-corrected chi connectivity index (χ0v) is 11.2. The molecule has 18 heavy (non-hydrogen) atoms. The Balaban J connectivity index is 1.89. The summed E-state index contributed by atoms with van der Waals surface area (Å²) >= 11 is 0. The van der Waals surface area contributed by atoms with Crippen molar-refractivity contribution in [1.82, 2.24) is 5.32 Å². The summed E-state index contributed by atoms with van der Waals surface area (Å²) in [6.07, 6.45) is 2.30. The van der Waals surface area contributed by atoms with Gasteiger partial charge in [-0.3, -0.25) is 0 Å². The molecule has 1 aliphatic rings. The first-order chi connectivity index (χ1) is 8.66. The Labute approximate surface area is 109 Å². The van der Waals surface area contributed by atoms with Gasteiger partial charge in [0.25, 0.3) is 0 Å². The highest BCUT2D eigenvalue weighted by molar-refractivity contribution is 5.27. The minimum atomic E-state index is 0.309. The van der Waals surface area contributed by atoms with Gasteiger partial charge in [0.05, 0.1) is 0 Å². The van der Waals surface area contributed by atoms with Crippen LogP contribution in [0.1, 0.15) is 38.3 Å². The maximum absolute atomic E-state index is 9.29. The lowest BCUT2D eigenvalue weighted by Gasteiger charge is -2.30. The number of ether oxygens (including phenoxy) is 1. The Morgan fingerprint density at radius 1 is 1.17 bits per heavy atom. The van der Waals surface area contributed by atoms with Gasteiger partial charge in [0.2, 0.25) is 0 Å². The predicted octanol–water partition coefficient (Wildman–Crippen LogP) is 2.86. The van der Waals surface area contributed by atoms with E-state index in [4.69, 9.17) is 4.74 Å². The Morgan fingerprint density at radius 2 is 1.78 bits per heavy atom. The zero-order valence-electron chi connectivity index (χ0n) is 11.2. The summed E-state index contributed by atoms with van der Waals surface area (Å²) in [5.74, 6) is 1.03. The molecule has 0 radical (unpaired) electrons. The van der Waals surface area contributed by atoms with E-state index in [-0.39, 0.29) is 0 Å². The molecule has 2 atom stereocenters. The van der Waals surface area contributed by atoms with Crippen LogP contribution in [0.2, 0.25) is 0 Å². The minimum absolute atomic E-state index is 0.309. The number of hydrogen-bond acceptors (Lipinski definition) is 3. The van der Waals surface area contributed by atoms with Crippen molar-refractivity contribution < 1.29 is 9.84 Å². The summed E-state index contributed by atoms with van der Waals surface area (Å²) in [4.78, 5) is 0. The lowest BCUT2D eigenvalue weighted by Crippen LogP contribution is -2.38. The van der Waals surface area contributed by atoms with Crippen molar-refractivity contribution in [2.45, 2.75) is 38.8 Å². The SMILES string of the molecule is CC(NC(C)C1CCOCC1)c1ccc(O)cc1. The molecule has 1 heterocycles. The molecule has 3 heteroatoms. The average Bonchev–Trinajstić information content (AvgIpc) is 2.40. The van der Waals surface area contributed by atoms with Gasteiger partial charge in [0, 0.05) is 25.3 Å². The molecule has 1 aromatic carbocycles. The first-order valence-electron chi connectivity index (χ1n) is 6.79. The van der Waals surface area contributed by atoms with Crippen LogP contribution in [0.5, 0.6) is 5.75 Å². The fourth-order valence-corrected chi connectivity index (χ4v) is 2.61. The highest BCUT2D eigenvalue weighted by atomic mass is 16.5. The van der Waals surface area contributed by atoms with Crippen molar-refractivity contribution >= 4 is 0 Å². The summed E-state index contributed by atoms with van der Waals surface area (Å²) in [6, 6.07) is 8.24. The van der Waals surface area contributed by atoms with Crippen molar-refractivity contribution in [1.29, 1.82) is 0 Å². The second-order valence-corrected chi connectivity index (χ2v) is 5.22. The van der Waals surface area contributed by atoms with Crippen LogP contribution in [0.25, 0.3) is 0 Å². The molecule has 0 amide bonds. The maximum atomic E-state index is 9.29. The van der Waals surface area contributed by atoms with Crippen LogP contribution in [0.4, 0.5) is 0 Å². The van der Waals surface area contributed by atoms with Crippen LogP contribution in [0, 0.1) is 5.92 Å². The molecule has 0 aromatic heterocycles. The molecule has 0 spiro atoms. The fourth-order valence-electron chi connectivity index (χ4n) is 2.61. The van der Waals surface area contributed by atoms with Gasteiger partial charge in [0.1, 0.15) is 5.75 Å². The Kier molecular flexibility index (Phi) is 4.61. The van der Waals surface area contributed by atoms with Crippen LogP contribution in [-0.2, 0) is 4.74 Å². The molecule has 0 aliphatic carbocycles. The second kappa shape index (κ2) is 6.21. The molecule has 2 unspecified atom stereocenters. The van der Waals surface area contributed by atoms with Crippen molar-refractivity contribution in [2.24, 2.45) is 5.92 Å². The first-order valence-corrected chi connectivity index (χ1v) is 6.79. The topological polar surface area (TPSA) is 41.5 Å². The summed E-state index contributed by atoms with van der Waals surface area (Å²) in [6.45, 7) is 6.21. The van der Waals surface area contributed by atoms with Gasteiger partial charge in [-0.25, -0.2) is 0 Å². The summed E-state index contributed by atoms with van der Waals surface area (Å²) in [5.41, 5.74) is 1.21. The standard InChI is InChI=1S/C15H23NO2/c1-11(13-3-5-15(17)6-4-13)16-12(2)14-7-9-18-10-8-14/h3-6,11-12,14,16-17H,7-10H2,1-2H3. The number of hydrogen-bond donors (Lipinski definition) is 2. The fraction of sp³-hybridized carbons (Fsp3) is 0.600. The van der Waals surface area contributed by atoms with E-state index < -0.39 is 0 Å². The summed E-state index contributed by atoms with van der Waals surface area (Å²) in [5, 5.41) is 12.9. The molecule has 1 saturated heterocycles. The van der Waals surface area contributed by atoms with E-state index >= 15 is 0 Å². The van der Waals surface area contributed by atoms with Crippen molar-refractivity contribution in [3.05, 3.63) is 29.8 Å². The number of benzene rings is 1. The normalized spacial score (nSPS) is 20.6. The first kappa shape index (κ1) is 13.4. The quantitative estimate of drug-likeness (QED) is 0.862. The zero-order chi connectivity index (χ0) is 13.0. The van der Waals surface area contributed by atoms with E-state index in [1.807, 2.05) is 12.1 Å². The number of nitrogens with one attached hydrogen (secondary N) is 1. The lowest BCUT2D eigenvalue weighted by molar-refractivity contribution is 0.0547. The molecule has 3 nitrogen and oxygen atoms in total. The van der Waals surface area contributed by atoms with Crippen molar-refractivity contribution in [3.8, 4) is 5.75 Å². The van der Waals surface area contributed by atoms with Gasteiger partial charge in [-0.2, -0.15) is 0 Å². The number of rotatable bonds is 4. The van der Waals surface area contributed by atoms with Gasteiger partial charge in [-0.05, 0) is 50.3 Å².